The smallest absolute Gasteiger partial charge is 0.269 e. The van der Waals surface area contributed by atoms with Gasteiger partial charge in [0.2, 0.25) is 10.0 Å². The SMILES string of the molecule is Cc1cc(NC(=O)c2ccc(S(=O)(=O)N(C)C3CCCCC3)cc2)n(-c2ccc([N+](=O)[O-])cc2)n1. The molecule has 2 aromatic carbocycles. The Balaban J connectivity index is 1.51. The molecule has 1 amide bonds. The van der Waals surface area contributed by atoms with E-state index < -0.39 is 20.9 Å². The van der Waals surface area contributed by atoms with Crippen molar-refractivity contribution in [3.63, 3.8) is 0 Å². The summed E-state index contributed by atoms with van der Waals surface area (Å²) in [5.74, 6) is -0.0484. The van der Waals surface area contributed by atoms with Gasteiger partial charge in [0.1, 0.15) is 5.82 Å². The third-order valence-electron chi connectivity index (χ3n) is 6.26. The minimum Gasteiger partial charge on any atom is -0.306 e. The molecular weight excluding hydrogens is 470 g/mol. The molecule has 0 saturated heterocycles. The number of sulfonamides is 1. The number of hydrogen-bond acceptors (Lipinski definition) is 6. The fourth-order valence-electron chi connectivity index (χ4n) is 4.27. The van der Waals surface area contributed by atoms with E-state index in [1.165, 1.54) is 45.4 Å². The first kappa shape index (κ1) is 24.6. The minimum atomic E-state index is -3.65. The van der Waals surface area contributed by atoms with E-state index in [2.05, 4.69) is 10.4 Å². The second kappa shape index (κ2) is 9.96. The van der Waals surface area contributed by atoms with Gasteiger partial charge in [0.05, 0.1) is 21.2 Å². The second-order valence-corrected chi connectivity index (χ2v) is 10.6. The number of aryl methyl sites for hydroxylation is 1. The molecule has 10 nitrogen and oxygen atoms in total. The summed E-state index contributed by atoms with van der Waals surface area (Å²) in [6.45, 7) is 1.76. The van der Waals surface area contributed by atoms with Gasteiger partial charge in [0, 0.05) is 36.9 Å². The summed E-state index contributed by atoms with van der Waals surface area (Å²) in [7, 11) is -2.03. The fraction of sp³-hybridized carbons (Fsp3) is 0.333. The van der Waals surface area contributed by atoms with Gasteiger partial charge in [0.25, 0.3) is 11.6 Å². The molecule has 3 aromatic rings. The molecule has 11 heteroatoms. The summed E-state index contributed by atoms with van der Waals surface area (Å²) in [5, 5.41) is 18.1. The van der Waals surface area contributed by atoms with Crippen molar-refractivity contribution in [2.75, 3.05) is 12.4 Å². The van der Waals surface area contributed by atoms with Gasteiger partial charge in [-0.1, -0.05) is 19.3 Å². The van der Waals surface area contributed by atoms with E-state index in [9.17, 15) is 23.3 Å². The molecule has 184 valence electrons. The van der Waals surface area contributed by atoms with Gasteiger partial charge in [-0.2, -0.15) is 9.40 Å². The Morgan fingerprint density at radius 2 is 1.71 bits per heavy atom. The third kappa shape index (κ3) is 5.25. The number of benzene rings is 2. The van der Waals surface area contributed by atoms with E-state index in [4.69, 9.17) is 0 Å². The van der Waals surface area contributed by atoms with E-state index in [1.807, 2.05) is 0 Å². The van der Waals surface area contributed by atoms with Crippen LogP contribution in [0, 0.1) is 17.0 Å². The van der Waals surface area contributed by atoms with E-state index in [0.29, 0.717) is 22.8 Å². The van der Waals surface area contributed by atoms with Gasteiger partial charge < -0.3 is 5.32 Å². The predicted molar refractivity (Wildman–Crippen MR) is 131 cm³/mol. The molecule has 0 aliphatic heterocycles. The Labute approximate surface area is 203 Å². The molecule has 0 unspecified atom stereocenters. The van der Waals surface area contributed by atoms with Crippen molar-refractivity contribution >= 4 is 27.4 Å². The molecule has 1 aliphatic carbocycles. The van der Waals surface area contributed by atoms with Crippen molar-refractivity contribution in [2.45, 2.75) is 50.0 Å². The van der Waals surface area contributed by atoms with Gasteiger partial charge in [-0.3, -0.25) is 14.9 Å². The van der Waals surface area contributed by atoms with Crippen molar-refractivity contribution in [1.82, 2.24) is 14.1 Å². The number of carbonyl (C=O) groups excluding carboxylic acids is 1. The van der Waals surface area contributed by atoms with Crippen LogP contribution in [0.25, 0.3) is 5.69 Å². The van der Waals surface area contributed by atoms with Gasteiger partial charge in [-0.25, -0.2) is 13.1 Å². The number of amides is 1. The number of nitro benzene ring substituents is 1. The van der Waals surface area contributed by atoms with Crippen LogP contribution in [0.4, 0.5) is 11.5 Å². The first-order chi connectivity index (χ1) is 16.7. The lowest BCUT2D eigenvalue weighted by Crippen LogP contribution is -2.38. The molecule has 1 heterocycles. The number of nitro groups is 1. The van der Waals surface area contributed by atoms with Crippen molar-refractivity contribution in [1.29, 1.82) is 0 Å². The van der Waals surface area contributed by atoms with Crippen LogP contribution in [-0.2, 0) is 10.0 Å². The topological polar surface area (TPSA) is 127 Å². The first-order valence-corrected chi connectivity index (χ1v) is 12.8. The van der Waals surface area contributed by atoms with Crippen LogP contribution in [0.15, 0.2) is 59.5 Å². The molecule has 4 rings (SSSR count). The molecule has 0 spiro atoms. The maximum absolute atomic E-state index is 13.0. The number of carbonyl (C=O) groups is 1. The second-order valence-electron chi connectivity index (χ2n) is 8.65. The zero-order valence-corrected chi connectivity index (χ0v) is 20.4. The van der Waals surface area contributed by atoms with Crippen molar-refractivity contribution in [2.24, 2.45) is 0 Å². The lowest BCUT2D eigenvalue weighted by Gasteiger charge is -2.30. The quantitative estimate of drug-likeness (QED) is 0.383. The summed E-state index contributed by atoms with van der Waals surface area (Å²) < 4.78 is 29.0. The molecule has 0 radical (unpaired) electrons. The van der Waals surface area contributed by atoms with Gasteiger partial charge >= 0.3 is 0 Å². The zero-order chi connectivity index (χ0) is 25.2. The summed E-state index contributed by atoms with van der Waals surface area (Å²) in [6, 6.07) is 13.4. The standard InChI is InChI=1S/C24H27N5O5S/c1-17-16-23(28(26-17)20-10-12-21(13-11-20)29(31)32)25-24(30)18-8-14-22(15-9-18)35(33,34)27(2)19-6-4-3-5-7-19/h8-16,19H,3-7H2,1-2H3,(H,25,30). The number of nitrogens with one attached hydrogen (secondary N) is 1. The maximum Gasteiger partial charge on any atom is 0.269 e. The molecule has 0 atom stereocenters. The fourth-order valence-corrected chi connectivity index (χ4v) is 5.69. The highest BCUT2D eigenvalue weighted by molar-refractivity contribution is 7.89. The van der Waals surface area contributed by atoms with Gasteiger partial charge in [0.15, 0.2) is 0 Å². The molecule has 1 saturated carbocycles. The Kier molecular flexibility index (Phi) is 6.99. The van der Waals surface area contributed by atoms with E-state index in [-0.39, 0.29) is 16.6 Å². The molecule has 1 N–H and O–H groups in total. The highest BCUT2D eigenvalue weighted by atomic mass is 32.2. The average Bonchev–Trinajstić information content (AvgIpc) is 3.23. The lowest BCUT2D eigenvalue weighted by atomic mass is 9.96. The van der Waals surface area contributed by atoms with Gasteiger partial charge in [-0.15, -0.1) is 0 Å². The van der Waals surface area contributed by atoms with E-state index in [1.54, 1.807) is 32.2 Å². The predicted octanol–water partition coefficient (Wildman–Crippen LogP) is 4.29. The normalized spacial score (nSPS) is 14.7. The third-order valence-corrected chi connectivity index (χ3v) is 8.18. The van der Waals surface area contributed by atoms with E-state index in [0.717, 1.165) is 32.1 Å². The summed E-state index contributed by atoms with van der Waals surface area (Å²) in [6.07, 6.45) is 4.91. The highest BCUT2D eigenvalue weighted by Crippen LogP contribution is 2.27. The molecule has 1 aromatic heterocycles. The van der Waals surface area contributed by atoms with Crippen LogP contribution in [0.2, 0.25) is 0 Å². The first-order valence-electron chi connectivity index (χ1n) is 11.4. The van der Waals surface area contributed by atoms with Crippen molar-refractivity contribution in [3.05, 3.63) is 76.0 Å². The Bertz CT molecular complexity index is 1330. The van der Waals surface area contributed by atoms with Crippen LogP contribution in [0.5, 0.6) is 0 Å². The number of rotatable bonds is 7. The molecule has 35 heavy (non-hydrogen) atoms. The summed E-state index contributed by atoms with van der Waals surface area (Å²) >= 11 is 0. The van der Waals surface area contributed by atoms with Crippen LogP contribution in [0.3, 0.4) is 0 Å². The number of anilines is 1. The van der Waals surface area contributed by atoms with Crippen LogP contribution >= 0.6 is 0 Å². The Hall–Kier alpha value is -3.57. The number of aromatic nitrogens is 2. The maximum atomic E-state index is 13.0. The van der Waals surface area contributed by atoms with E-state index >= 15 is 0 Å². The number of nitrogens with zero attached hydrogens (tertiary/aromatic N) is 4. The number of non-ortho nitro benzene ring substituents is 1. The lowest BCUT2D eigenvalue weighted by molar-refractivity contribution is -0.384. The van der Waals surface area contributed by atoms with Crippen LogP contribution in [0.1, 0.15) is 48.2 Å². The zero-order valence-electron chi connectivity index (χ0n) is 19.5. The largest absolute Gasteiger partial charge is 0.306 e. The summed E-state index contributed by atoms with van der Waals surface area (Å²) in [4.78, 5) is 23.5. The monoisotopic (exact) mass is 497 g/mol. The Morgan fingerprint density at radius 1 is 1.09 bits per heavy atom. The number of hydrogen-bond donors (Lipinski definition) is 1. The molecule has 0 bridgehead atoms. The average molecular weight is 498 g/mol. The molecule has 1 fully saturated rings. The molecular formula is C24H27N5O5S. The Morgan fingerprint density at radius 3 is 2.31 bits per heavy atom. The van der Waals surface area contributed by atoms with Crippen LogP contribution < -0.4 is 5.32 Å². The highest BCUT2D eigenvalue weighted by Gasteiger charge is 2.29. The van der Waals surface area contributed by atoms with Crippen LogP contribution in [-0.4, -0.2) is 46.4 Å². The van der Waals surface area contributed by atoms with Crippen molar-refractivity contribution in [3.8, 4) is 5.69 Å². The van der Waals surface area contributed by atoms with Gasteiger partial charge in [-0.05, 0) is 56.2 Å². The van der Waals surface area contributed by atoms with Crippen molar-refractivity contribution < 1.29 is 18.1 Å². The molecule has 1 aliphatic rings. The minimum absolute atomic E-state index is 0.000303. The summed E-state index contributed by atoms with van der Waals surface area (Å²) in [5.41, 5.74) is 1.43.